The van der Waals surface area contributed by atoms with Gasteiger partial charge < -0.3 is 14.8 Å². The van der Waals surface area contributed by atoms with Crippen molar-refractivity contribution in [3.63, 3.8) is 0 Å². The van der Waals surface area contributed by atoms with Crippen molar-refractivity contribution in [3.8, 4) is 11.5 Å². The number of pyridine rings is 1. The number of unbranched alkanes of at least 4 members (excludes halogenated alkanes) is 1. The fourth-order valence-corrected chi connectivity index (χ4v) is 2.29. The number of carbonyl (C=O) groups is 1. The lowest BCUT2D eigenvalue weighted by atomic mass is 10.1. The Morgan fingerprint density at radius 1 is 1.00 bits per heavy atom. The van der Waals surface area contributed by atoms with Gasteiger partial charge in [-0.05, 0) is 30.2 Å². The van der Waals surface area contributed by atoms with Crippen LogP contribution in [0.3, 0.4) is 0 Å². The predicted molar refractivity (Wildman–Crippen MR) is 134 cm³/mol. The van der Waals surface area contributed by atoms with E-state index in [-0.39, 0.29) is 5.91 Å². The molecule has 2 rings (SSSR count). The number of nitrogens with one attached hydrogen (secondary N) is 2. The molecule has 1 aromatic carbocycles. The molecule has 1 amide bonds. The maximum atomic E-state index is 10.7. The number of H-pyrrole nitrogens is 1. The molecule has 0 saturated carbocycles. The maximum absolute atomic E-state index is 10.7. The first-order chi connectivity index (χ1) is 15.1. The molecule has 6 heteroatoms. The number of ether oxygens (including phenoxy) is 2. The Morgan fingerprint density at radius 2 is 1.68 bits per heavy atom. The normalized spacial score (nSPS) is 9.74. The Balaban J connectivity index is 0.000000581. The molecule has 0 unspecified atom stereocenters. The molecule has 0 atom stereocenters. The highest BCUT2D eigenvalue weighted by Crippen LogP contribution is 2.25. The van der Waals surface area contributed by atoms with Crippen molar-refractivity contribution < 1.29 is 19.3 Å². The van der Waals surface area contributed by atoms with Crippen molar-refractivity contribution in [2.24, 2.45) is 0 Å². The molecule has 1 heterocycles. The SMILES string of the molecule is CCCC.CCCC(=O)NCCS.COc1ccc(OC)c(/C=C/c2cc[nH+]cc2)c1. The van der Waals surface area contributed by atoms with Gasteiger partial charge in [0, 0.05) is 36.4 Å². The lowest BCUT2D eigenvalue weighted by Crippen LogP contribution is -2.24. The topological polar surface area (TPSA) is 61.7 Å². The molecule has 31 heavy (non-hydrogen) atoms. The van der Waals surface area contributed by atoms with Gasteiger partial charge in [0.2, 0.25) is 5.91 Å². The van der Waals surface area contributed by atoms with Crippen molar-refractivity contribution >= 4 is 30.7 Å². The van der Waals surface area contributed by atoms with Crippen LogP contribution in [0.2, 0.25) is 0 Å². The van der Waals surface area contributed by atoms with E-state index in [2.05, 4.69) is 36.8 Å². The van der Waals surface area contributed by atoms with Gasteiger partial charge in [-0.3, -0.25) is 4.79 Å². The fourth-order valence-electron chi connectivity index (χ4n) is 2.18. The van der Waals surface area contributed by atoms with Gasteiger partial charge in [0.1, 0.15) is 11.5 Å². The Bertz CT molecular complexity index is 735. The van der Waals surface area contributed by atoms with Crippen LogP contribution in [0.4, 0.5) is 0 Å². The van der Waals surface area contributed by atoms with E-state index in [4.69, 9.17) is 9.47 Å². The molecule has 0 aliphatic carbocycles. The summed E-state index contributed by atoms with van der Waals surface area (Å²) in [6, 6.07) is 9.74. The van der Waals surface area contributed by atoms with E-state index in [9.17, 15) is 4.79 Å². The molecule has 0 aliphatic heterocycles. The van der Waals surface area contributed by atoms with Crippen LogP contribution in [0.5, 0.6) is 11.5 Å². The van der Waals surface area contributed by atoms with E-state index in [1.165, 1.54) is 12.8 Å². The van der Waals surface area contributed by atoms with E-state index < -0.39 is 0 Å². The highest BCUT2D eigenvalue weighted by atomic mass is 32.1. The molecule has 5 nitrogen and oxygen atoms in total. The lowest BCUT2D eigenvalue weighted by Gasteiger charge is -2.07. The standard InChI is InChI=1S/C15H15NO2.C6H13NOS.C4H10/c1-17-14-5-6-15(18-2)13(11-14)4-3-12-7-9-16-10-8-12;1-2-3-6(8)7-4-5-9;1-3-4-2/h3-11H,1-2H3;9H,2-5H2,1H3,(H,7,8);3-4H2,1-2H3/p+1/b4-3+;;. The van der Waals surface area contributed by atoms with Crippen LogP contribution in [-0.2, 0) is 4.79 Å². The third-order valence-electron chi connectivity index (χ3n) is 4.05. The smallest absolute Gasteiger partial charge is 0.220 e. The summed E-state index contributed by atoms with van der Waals surface area (Å²) < 4.78 is 10.5. The number of aromatic nitrogens is 1. The minimum absolute atomic E-state index is 0.131. The molecule has 0 fully saturated rings. The summed E-state index contributed by atoms with van der Waals surface area (Å²) in [5, 5.41) is 2.72. The number of thiol groups is 1. The Morgan fingerprint density at radius 3 is 2.19 bits per heavy atom. The Hall–Kier alpha value is -2.47. The molecule has 0 spiro atoms. The summed E-state index contributed by atoms with van der Waals surface area (Å²) in [5.41, 5.74) is 2.11. The van der Waals surface area contributed by atoms with Crippen LogP contribution in [0, 0.1) is 0 Å². The molecule has 1 aromatic heterocycles. The van der Waals surface area contributed by atoms with Gasteiger partial charge in [-0.2, -0.15) is 12.6 Å². The fraction of sp³-hybridized carbons (Fsp3) is 0.440. The average molecular weight is 448 g/mol. The lowest BCUT2D eigenvalue weighted by molar-refractivity contribution is -0.378. The molecule has 2 aromatic rings. The van der Waals surface area contributed by atoms with Crippen molar-refractivity contribution in [2.45, 2.75) is 46.5 Å². The number of benzene rings is 1. The maximum Gasteiger partial charge on any atom is 0.220 e. The first kappa shape index (κ1) is 28.5. The number of carbonyl (C=O) groups excluding carboxylic acids is 1. The first-order valence-electron chi connectivity index (χ1n) is 10.8. The van der Waals surface area contributed by atoms with Crippen LogP contribution in [-0.4, -0.2) is 32.4 Å². The summed E-state index contributed by atoms with van der Waals surface area (Å²) in [4.78, 5) is 13.7. The summed E-state index contributed by atoms with van der Waals surface area (Å²) in [6.07, 6.45) is 12.0. The van der Waals surface area contributed by atoms with E-state index in [1.54, 1.807) is 14.2 Å². The molecule has 0 radical (unpaired) electrons. The van der Waals surface area contributed by atoms with Crippen molar-refractivity contribution in [3.05, 3.63) is 53.9 Å². The second-order valence-electron chi connectivity index (χ2n) is 6.60. The highest BCUT2D eigenvalue weighted by molar-refractivity contribution is 7.80. The second-order valence-corrected chi connectivity index (χ2v) is 7.05. The van der Waals surface area contributed by atoms with Crippen molar-refractivity contribution in [1.29, 1.82) is 0 Å². The largest absolute Gasteiger partial charge is 0.497 e. The molecule has 0 bridgehead atoms. The highest BCUT2D eigenvalue weighted by Gasteiger charge is 2.01. The van der Waals surface area contributed by atoms with Crippen LogP contribution in [0.25, 0.3) is 12.2 Å². The predicted octanol–water partition coefficient (Wildman–Crippen LogP) is 5.33. The number of hydrogen-bond donors (Lipinski definition) is 2. The summed E-state index contributed by atoms with van der Waals surface area (Å²) >= 11 is 3.95. The van der Waals surface area contributed by atoms with Gasteiger partial charge in [-0.15, -0.1) is 0 Å². The second kappa shape index (κ2) is 19.5. The minimum Gasteiger partial charge on any atom is -0.497 e. The van der Waals surface area contributed by atoms with Gasteiger partial charge in [-0.25, -0.2) is 4.98 Å². The number of hydrogen-bond acceptors (Lipinski definition) is 4. The van der Waals surface area contributed by atoms with Crippen LogP contribution >= 0.6 is 12.6 Å². The number of amides is 1. The average Bonchev–Trinajstić information content (AvgIpc) is 2.82. The van der Waals surface area contributed by atoms with Gasteiger partial charge in [0.05, 0.1) is 14.2 Å². The number of methoxy groups -OCH3 is 2. The van der Waals surface area contributed by atoms with Crippen LogP contribution < -0.4 is 19.8 Å². The summed E-state index contributed by atoms with van der Waals surface area (Å²) in [6.45, 7) is 7.03. The van der Waals surface area contributed by atoms with E-state index in [0.29, 0.717) is 13.0 Å². The van der Waals surface area contributed by atoms with E-state index >= 15 is 0 Å². The van der Waals surface area contributed by atoms with E-state index in [1.807, 2.05) is 61.8 Å². The minimum atomic E-state index is 0.131. The van der Waals surface area contributed by atoms with E-state index in [0.717, 1.165) is 34.8 Å². The molecular formula is C25H39N2O3S+. The zero-order chi connectivity index (χ0) is 23.3. The van der Waals surface area contributed by atoms with Crippen LogP contribution in [0.1, 0.15) is 57.6 Å². The molecule has 0 aliphatic rings. The van der Waals surface area contributed by atoms with Crippen molar-refractivity contribution in [2.75, 3.05) is 26.5 Å². The Kier molecular flexibility index (Phi) is 17.9. The molecule has 2 N–H and O–H groups in total. The van der Waals surface area contributed by atoms with Gasteiger partial charge >= 0.3 is 0 Å². The van der Waals surface area contributed by atoms with Gasteiger partial charge in [-0.1, -0.05) is 45.8 Å². The van der Waals surface area contributed by atoms with Gasteiger partial charge in [0.15, 0.2) is 12.4 Å². The molecule has 0 saturated heterocycles. The Labute approximate surface area is 193 Å². The third kappa shape index (κ3) is 14.2. The zero-order valence-corrected chi connectivity index (χ0v) is 20.5. The zero-order valence-electron chi connectivity index (χ0n) is 19.6. The monoisotopic (exact) mass is 447 g/mol. The third-order valence-corrected chi connectivity index (χ3v) is 4.27. The quantitative estimate of drug-likeness (QED) is 0.511. The molecule has 172 valence electrons. The van der Waals surface area contributed by atoms with Crippen LogP contribution in [0.15, 0.2) is 42.7 Å². The van der Waals surface area contributed by atoms with Crippen molar-refractivity contribution in [1.82, 2.24) is 5.32 Å². The van der Waals surface area contributed by atoms with Gasteiger partial charge in [0.25, 0.3) is 0 Å². The molecular weight excluding hydrogens is 408 g/mol. The summed E-state index contributed by atoms with van der Waals surface area (Å²) in [5.74, 6) is 2.49. The number of rotatable bonds is 9. The first-order valence-corrected chi connectivity index (χ1v) is 11.4. The number of aromatic amines is 1. The summed E-state index contributed by atoms with van der Waals surface area (Å²) in [7, 11) is 3.32.